The Morgan fingerprint density at radius 2 is 2.10 bits per heavy atom. The van der Waals surface area contributed by atoms with E-state index in [1.807, 2.05) is 23.1 Å². The first-order valence-electron chi connectivity index (χ1n) is 7.41. The minimum Gasteiger partial charge on any atom is -0.493 e. The fraction of sp³-hybridized carbons (Fsp3) is 0.562. The molecule has 1 heterocycles. The summed E-state index contributed by atoms with van der Waals surface area (Å²) >= 11 is 0. The van der Waals surface area contributed by atoms with Gasteiger partial charge in [-0.25, -0.2) is 0 Å². The van der Waals surface area contributed by atoms with Crippen molar-refractivity contribution >= 4 is 5.91 Å². The smallest absolute Gasteiger partial charge is 0.260 e. The topological polar surface area (TPSA) is 64.8 Å². The lowest BCUT2D eigenvalue weighted by Gasteiger charge is -2.37. The minimum absolute atomic E-state index is 0.0109. The van der Waals surface area contributed by atoms with E-state index in [4.69, 9.17) is 15.2 Å². The van der Waals surface area contributed by atoms with Crippen molar-refractivity contribution in [3.8, 4) is 11.5 Å². The Morgan fingerprint density at radius 3 is 2.76 bits per heavy atom. The maximum Gasteiger partial charge on any atom is 0.260 e. The molecule has 21 heavy (non-hydrogen) atoms. The Morgan fingerprint density at radius 1 is 1.38 bits per heavy atom. The van der Waals surface area contributed by atoms with Crippen LogP contribution in [0.25, 0.3) is 0 Å². The molecular formula is C16H24N2O3. The average Bonchev–Trinajstić information content (AvgIpc) is 2.52. The molecule has 0 radical (unpaired) electrons. The largest absolute Gasteiger partial charge is 0.493 e. The van der Waals surface area contributed by atoms with Crippen molar-refractivity contribution < 1.29 is 14.3 Å². The summed E-state index contributed by atoms with van der Waals surface area (Å²) in [5.41, 5.74) is 5.79. The third-order valence-corrected chi connectivity index (χ3v) is 3.99. The van der Waals surface area contributed by atoms with Gasteiger partial charge in [0.15, 0.2) is 18.1 Å². The van der Waals surface area contributed by atoms with Gasteiger partial charge in [-0.15, -0.1) is 0 Å². The zero-order valence-corrected chi connectivity index (χ0v) is 12.7. The molecule has 5 heteroatoms. The van der Waals surface area contributed by atoms with Crippen LogP contribution in [0.2, 0.25) is 0 Å². The molecule has 0 aromatic heterocycles. The fourth-order valence-electron chi connectivity index (χ4n) is 2.76. The Kier molecular flexibility index (Phi) is 5.44. The van der Waals surface area contributed by atoms with Gasteiger partial charge in [-0.2, -0.15) is 0 Å². The van der Waals surface area contributed by atoms with E-state index < -0.39 is 0 Å². The number of para-hydroxylation sites is 2. The zero-order chi connectivity index (χ0) is 15.2. The number of nitrogens with zero attached hydrogens (tertiary/aromatic N) is 1. The number of benzene rings is 1. The second-order valence-corrected chi connectivity index (χ2v) is 5.55. The molecule has 2 rings (SSSR count). The van der Waals surface area contributed by atoms with Crippen LogP contribution in [-0.2, 0) is 4.79 Å². The van der Waals surface area contributed by atoms with E-state index >= 15 is 0 Å². The van der Waals surface area contributed by atoms with E-state index in [1.165, 1.54) is 0 Å². The molecule has 1 aromatic rings. The van der Waals surface area contributed by atoms with Crippen molar-refractivity contribution in [2.75, 3.05) is 26.8 Å². The highest BCUT2D eigenvalue weighted by molar-refractivity contribution is 5.78. The molecule has 0 bridgehead atoms. The number of rotatable bonds is 5. The molecule has 0 aliphatic carbocycles. The van der Waals surface area contributed by atoms with Crippen molar-refractivity contribution in [2.45, 2.75) is 25.8 Å². The standard InChI is InChI=1S/C16H24N2O3/c1-12-7-8-18(13(9-12)10-17)16(19)11-21-15-6-4-3-5-14(15)20-2/h3-6,12-13H,7-11,17H2,1-2H3. The summed E-state index contributed by atoms with van der Waals surface area (Å²) in [5, 5.41) is 0. The van der Waals surface area contributed by atoms with E-state index in [2.05, 4.69) is 6.92 Å². The summed E-state index contributed by atoms with van der Waals surface area (Å²) in [7, 11) is 1.58. The van der Waals surface area contributed by atoms with Gasteiger partial charge in [-0.3, -0.25) is 4.79 Å². The Hall–Kier alpha value is -1.75. The molecule has 2 unspecified atom stereocenters. The summed E-state index contributed by atoms with van der Waals surface area (Å²) in [6.07, 6.45) is 1.99. The van der Waals surface area contributed by atoms with Gasteiger partial charge >= 0.3 is 0 Å². The van der Waals surface area contributed by atoms with Crippen LogP contribution in [-0.4, -0.2) is 43.7 Å². The molecule has 1 aliphatic rings. The van der Waals surface area contributed by atoms with Gasteiger partial charge in [0.25, 0.3) is 5.91 Å². The monoisotopic (exact) mass is 292 g/mol. The lowest BCUT2D eigenvalue weighted by molar-refractivity contribution is -0.137. The lowest BCUT2D eigenvalue weighted by Crippen LogP contribution is -2.50. The predicted octanol–water partition coefficient (Wildman–Crippen LogP) is 1.66. The van der Waals surface area contributed by atoms with E-state index in [0.29, 0.717) is 24.0 Å². The molecule has 1 aromatic carbocycles. The van der Waals surface area contributed by atoms with Crippen LogP contribution >= 0.6 is 0 Å². The summed E-state index contributed by atoms with van der Waals surface area (Å²) in [6.45, 7) is 3.49. The highest BCUT2D eigenvalue weighted by atomic mass is 16.5. The third kappa shape index (κ3) is 3.88. The number of ether oxygens (including phenoxy) is 2. The van der Waals surface area contributed by atoms with Crippen LogP contribution in [0.5, 0.6) is 11.5 Å². The molecule has 116 valence electrons. The summed E-state index contributed by atoms with van der Waals surface area (Å²) < 4.78 is 10.8. The first-order valence-corrected chi connectivity index (χ1v) is 7.41. The second-order valence-electron chi connectivity index (χ2n) is 5.55. The lowest BCUT2D eigenvalue weighted by atomic mass is 9.92. The van der Waals surface area contributed by atoms with Gasteiger partial charge in [0.05, 0.1) is 7.11 Å². The van der Waals surface area contributed by atoms with Gasteiger partial charge in [0.2, 0.25) is 0 Å². The number of hydrogen-bond donors (Lipinski definition) is 1. The van der Waals surface area contributed by atoms with Crippen molar-refractivity contribution in [1.29, 1.82) is 0 Å². The summed E-state index contributed by atoms with van der Waals surface area (Å²) in [6, 6.07) is 7.45. The van der Waals surface area contributed by atoms with Crippen LogP contribution in [0.3, 0.4) is 0 Å². The molecule has 1 fully saturated rings. The van der Waals surface area contributed by atoms with Crippen molar-refractivity contribution in [3.63, 3.8) is 0 Å². The maximum absolute atomic E-state index is 12.4. The number of amides is 1. The second kappa shape index (κ2) is 7.31. The molecule has 2 N–H and O–H groups in total. The van der Waals surface area contributed by atoms with Crippen LogP contribution in [0.4, 0.5) is 0 Å². The Balaban J connectivity index is 1.95. The molecule has 1 amide bonds. The van der Waals surface area contributed by atoms with Gasteiger partial charge in [-0.05, 0) is 30.9 Å². The Labute approximate surface area is 126 Å². The summed E-state index contributed by atoms with van der Waals surface area (Å²) in [4.78, 5) is 14.2. The fourth-order valence-corrected chi connectivity index (χ4v) is 2.76. The van der Waals surface area contributed by atoms with Crippen molar-refractivity contribution in [1.82, 2.24) is 4.90 Å². The van der Waals surface area contributed by atoms with Crippen LogP contribution in [0.15, 0.2) is 24.3 Å². The molecule has 1 saturated heterocycles. The minimum atomic E-state index is -0.0109. The first-order chi connectivity index (χ1) is 10.2. The van der Waals surface area contributed by atoms with E-state index in [1.54, 1.807) is 13.2 Å². The molecule has 0 spiro atoms. The number of likely N-dealkylation sites (tertiary alicyclic amines) is 1. The van der Waals surface area contributed by atoms with Gasteiger partial charge < -0.3 is 20.1 Å². The van der Waals surface area contributed by atoms with Gasteiger partial charge in [0, 0.05) is 19.1 Å². The average molecular weight is 292 g/mol. The van der Waals surface area contributed by atoms with E-state index in [0.717, 1.165) is 19.4 Å². The quantitative estimate of drug-likeness (QED) is 0.896. The molecule has 0 saturated carbocycles. The van der Waals surface area contributed by atoms with Crippen molar-refractivity contribution in [3.05, 3.63) is 24.3 Å². The zero-order valence-electron chi connectivity index (χ0n) is 12.7. The number of carbonyl (C=O) groups excluding carboxylic acids is 1. The molecule has 2 atom stereocenters. The Bertz CT molecular complexity index is 478. The highest BCUT2D eigenvalue weighted by Gasteiger charge is 2.29. The number of piperidine rings is 1. The molecular weight excluding hydrogens is 268 g/mol. The van der Waals surface area contributed by atoms with E-state index in [-0.39, 0.29) is 18.6 Å². The normalized spacial score (nSPS) is 22.0. The number of nitrogens with two attached hydrogens (primary N) is 1. The number of hydrogen-bond acceptors (Lipinski definition) is 4. The number of methoxy groups -OCH3 is 1. The van der Waals surface area contributed by atoms with Gasteiger partial charge in [0.1, 0.15) is 0 Å². The number of carbonyl (C=O) groups is 1. The van der Waals surface area contributed by atoms with Crippen LogP contribution in [0.1, 0.15) is 19.8 Å². The predicted molar refractivity (Wildman–Crippen MR) is 81.4 cm³/mol. The van der Waals surface area contributed by atoms with Gasteiger partial charge in [-0.1, -0.05) is 19.1 Å². The first kappa shape index (κ1) is 15.6. The van der Waals surface area contributed by atoms with Crippen LogP contribution < -0.4 is 15.2 Å². The maximum atomic E-state index is 12.4. The summed E-state index contributed by atoms with van der Waals surface area (Å²) in [5.74, 6) is 1.83. The van der Waals surface area contributed by atoms with Crippen molar-refractivity contribution in [2.24, 2.45) is 11.7 Å². The van der Waals surface area contributed by atoms with E-state index in [9.17, 15) is 4.79 Å². The third-order valence-electron chi connectivity index (χ3n) is 3.99. The molecule has 5 nitrogen and oxygen atoms in total. The highest BCUT2D eigenvalue weighted by Crippen LogP contribution is 2.26. The van der Waals surface area contributed by atoms with Crippen LogP contribution in [0, 0.1) is 5.92 Å². The SMILES string of the molecule is COc1ccccc1OCC(=O)N1CCC(C)CC1CN. The molecule has 1 aliphatic heterocycles.